The first-order valence-corrected chi connectivity index (χ1v) is 42.7. The Balaban J connectivity index is 0.000000122. The third kappa shape index (κ3) is 18.2. The molecule has 16 aromatic carbocycles. The first-order valence-electron chi connectivity index (χ1n) is 42.1. The van der Waals surface area contributed by atoms with Crippen LogP contribution in [0.5, 0.6) is 0 Å². The standard InChI is InChI=1S/C36H28N2.C32H16N8.C23H25N.C21H21N.O.Ti/c1-5-13-31(14-6-1)37(32-15-7-2-8-16-32)35-25-21-29(22-26-35)30-23-27-36(28-24-30)38(33-17-9-3-10-18-33)34-19-11-4-12-20-34;1-2-10-18-17(9-1)25-33-26(18)38-28-21-13-5-6-14-22(21)30(35-28)40-32-24-16-8-7-15-23(24)31(36-32)39-29-20-12-4-3-11-19(20)27(34-29)37-25;1-16-6-10-21(11-7-16)24(22-12-8-17(2)9-13-22)23-19(4)14-18(3)15-20(23)5;1-16-4-10-19(11-5-16)22(20-12-6-17(2)7-13-20)21-14-8-18(3)9-15-21;;/h1-28H;1-16H;6-15H,1-5H3;4-15H,1-3H3;;/q;-2;;;;+2. The van der Waals surface area contributed by atoms with Crippen molar-refractivity contribution in [2.45, 2.75) is 55.4 Å². The Bertz CT molecular complexity index is 6480. The van der Waals surface area contributed by atoms with E-state index in [9.17, 15) is 0 Å². The zero-order valence-electron chi connectivity index (χ0n) is 71.4. The fraction of sp³-hybridized carbons (Fsp3) is 0.0714. The second kappa shape index (κ2) is 37.9. The minimum atomic E-state index is 0.552. The van der Waals surface area contributed by atoms with E-state index in [1.807, 2.05) is 97.1 Å². The Morgan fingerprint density at radius 3 is 0.619 bits per heavy atom. The van der Waals surface area contributed by atoms with Gasteiger partial charge in [0.05, 0.1) is 29.0 Å². The normalized spacial score (nSPS) is 10.9. The summed E-state index contributed by atoms with van der Waals surface area (Å²) in [5.74, 6) is 2.21. The van der Waals surface area contributed by atoms with Gasteiger partial charge in [0.1, 0.15) is 0 Å². The van der Waals surface area contributed by atoms with Crippen LogP contribution in [0.1, 0.15) is 44.5 Å². The molecule has 0 saturated carbocycles. The minimum absolute atomic E-state index is 0.552. The molecule has 0 unspecified atom stereocenters. The van der Waals surface area contributed by atoms with Crippen LogP contribution in [0.25, 0.3) is 101 Å². The van der Waals surface area contributed by atoms with E-state index in [1.54, 1.807) is 0 Å². The van der Waals surface area contributed by atoms with Gasteiger partial charge in [-0.25, -0.2) is 9.97 Å². The summed E-state index contributed by atoms with van der Waals surface area (Å²) in [6.07, 6.45) is 0. The van der Waals surface area contributed by atoms with Crippen molar-refractivity contribution >= 4 is 112 Å². The Labute approximate surface area is 747 Å². The molecule has 21 rings (SSSR count). The smallest absolute Gasteiger partial charge is 0.0927 e. The fourth-order valence-corrected chi connectivity index (χ4v) is 16.1. The minimum Gasteiger partial charge on any atom is -0.357 e. The average Bonchev–Trinajstić information content (AvgIpc) is 1.56. The van der Waals surface area contributed by atoms with Gasteiger partial charge in [0.15, 0.2) is 0 Å². The molecule has 19 aromatic rings. The zero-order chi connectivity index (χ0) is 86.6. The molecule has 126 heavy (non-hydrogen) atoms. The van der Waals surface area contributed by atoms with Crippen molar-refractivity contribution < 1.29 is 23.7 Å². The van der Waals surface area contributed by atoms with E-state index >= 15 is 0 Å². The van der Waals surface area contributed by atoms with Crippen molar-refractivity contribution in [1.29, 1.82) is 0 Å². The molecule has 14 heteroatoms. The molecule has 3 aromatic heterocycles. The summed E-state index contributed by atoms with van der Waals surface area (Å²) in [6, 6.07) is 139. The van der Waals surface area contributed by atoms with Gasteiger partial charge in [-0.2, -0.15) is 0 Å². The summed E-state index contributed by atoms with van der Waals surface area (Å²) in [6.45, 7) is 17.2. The Morgan fingerprint density at radius 1 is 0.198 bits per heavy atom. The summed E-state index contributed by atoms with van der Waals surface area (Å²) in [5, 5.41) is 3.57. The molecule has 0 amide bonds. The number of anilines is 12. The van der Waals surface area contributed by atoms with Gasteiger partial charge >= 0.3 is 23.7 Å². The summed E-state index contributed by atoms with van der Waals surface area (Å²) in [4.78, 5) is 48.5. The first-order chi connectivity index (χ1) is 61.7. The van der Waals surface area contributed by atoms with Crippen molar-refractivity contribution in [3.05, 3.63) is 445 Å². The Hall–Kier alpha value is -15.4. The van der Waals surface area contributed by atoms with Crippen molar-refractivity contribution in [3.63, 3.8) is 0 Å². The van der Waals surface area contributed by atoms with E-state index in [2.05, 4.69) is 378 Å². The number of rotatable bonds is 13. The van der Waals surface area contributed by atoms with Gasteiger partial charge in [0, 0.05) is 107 Å². The monoisotopic (exact) mass is 1670 g/mol. The Morgan fingerprint density at radius 2 is 0.389 bits per heavy atom. The van der Waals surface area contributed by atoms with Gasteiger partial charge in [-0.05, 0) is 233 Å². The summed E-state index contributed by atoms with van der Waals surface area (Å²) >= 11 is 0.750. The SMILES string of the molecule is Cc1ccc(N(c2ccc(C)cc2)c2c(C)cc(C)cc2C)cc1.Cc1ccc(N(c2ccc(C)cc2)c2ccc(C)cc2)cc1.[O]=[Ti+2].c1ccc(N(c2ccccc2)c2ccc(-c3ccc(N(c4ccccc4)c4ccccc4)cc3)cc2)cc1.c1ccc2c(c1)-c1nc-2nc2[n-]c(nc3nc(nc4[n-]c(n1)c1ccccc41)-c1ccccc1-3)c1ccccc21. The maximum Gasteiger partial charge on any atom is 0.0927 e. The summed E-state index contributed by atoms with van der Waals surface area (Å²) < 4.78 is 8.25. The molecule has 2 aliphatic heterocycles. The predicted octanol–water partition coefficient (Wildman–Crippen LogP) is 29.1. The number of hydrogen-bond acceptors (Lipinski definition) is 11. The molecule has 0 aliphatic carbocycles. The summed E-state index contributed by atoms with van der Waals surface area (Å²) in [7, 11) is 0. The molecule has 0 spiro atoms. The second-order valence-electron chi connectivity index (χ2n) is 31.4. The molecule has 0 atom stereocenters. The van der Waals surface area contributed by atoms with Crippen LogP contribution < -0.4 is 29.6 Å². The van der Waals surface area contributed by atoms with Gasteiger partial charge in [-0.15, -0.1) is 0 Å². The molecular weight excluding hydrogens is 1580 g/mol. The van der Waals surface area contributed by atoms with Crippen LogP contribution in [0.4, 0.5) is 68.2 Å². The van der Waals surface area contributed by atoms with Crippen LogP contribution in [0, 0.1) is 55.4 Å². The van der Waals surface area contributed by atoms with Gasteiger partial charge in [0.2, 0.25) is 0 Å². The third-order valence-electron chi connectivity index (χ3n) is 22.3. The number of aromatic nitrogens is 8. The quantitative estimate of drug-likeness (QED) is 0.101. The van der Waals surface area contributed by atoms with Crippen LogP contribution in [0.3, 0.4) is 0 Å². The van der Waals surface area contributed by atoms with Gasteiger partial charge in [-0.1, -0.05) is 300 Å². The maximum atomic E-state index is 8.25. The molecule has 5 heterocycles. The van der Waals surface area contributed by atoms with Gasteiger partial charge in [0.25, 0.3) is 0 Å². The number of nitrogens with zero attached hydrogens (tertiary/aromatic N) is 12. The van der Waals surface area contributed by atoms with Crippen LogP contribution in [-0.4, -0.2) is 29.9 Å². The van der Waals surface area contributed by atoms with Crippen molar-refractivity contribution in [3.8, 4) is 56.7 Å². The zero-order valence-corrected chi connectivity index (χ0v) is 72.9. The van der Waals surface area contributed by atoms with Crippen LogP contribution in [0.15, 0.2) is 400 Å². The number of benzene rings is 16. The van der Waals surface area contributed by atoms with E-state index in [1.165, 1.54) is 89.8 Å². The molecule has 8 bridgehead atoms. The van der Waals surface area contributed by atoms with E-state index in [4.69, 9.17) is 43.2 Å². The van der Waals surface area contributed by atoms with Crippen LogP contribution in [-0.2, 0) is 23.7 Å². The van der Waals surface area contributed by atoms with Crippen LogP contribution in [0.2, 0.25) is 0 Å². The van der Waals surface area contributed by atoms with E-state index < -0.39 is 0 Å². The third-order valence-corrected chi connectivity index (χ3v) is 22.3. The molecule has 2 aliphatic rings. The number of fused-ring (bicyclic) bond motifs is 20. The summed E-state index contributed by atoms with van der Waals surface area (Å²) in [5.41, 5.74) is 32.4. The van der Waals surface area contributed by atoms with Crippen molar-refractivity contribution in [1.82, 2.24) is 39.9 Å². The van der Waals surface area contributed by atoms with Gasteiger partial charge in [-0.3, -0.25) is 0 Å². The molecular formula is C112H90N12OTi. The molecule has 13 nitrogen and oxygen atoms in total. The van der Waals surface area contributed by atoms with Gasteiger partial charge < -0.3 is 49.5 Å². The molecule has 0 N–H and O–H groups in total. The van der Waals surface area contributed by atoms with Crippen molar-refractivity contribution in [2.24, 2.45) is 0 Å². The predicted molar refractivity (Wildman–Crippen MR) is 516 cm³/mol. The molecule has 0 fully saturated rings. The largest absolute Gasteiger partial charge is 0.357 e. The maximum absolute atomic E-state index is 8.25. The topological polar surface area (TPSA) is 136 Å². The van der Waals surface area contributed by atoms with E-state index in [0.717, 1.165) is 98.3 Å². The number of hydrogen-bond donors (Lipinski definition) is 0. The van der Waals surface area contributed by atoms with Crippen molar-refractivity contribution in [2.75, 3.05) is 19.6 Å². The molecule has 0 radical (unpaired) electrons. The van der Waals surface area contributed by atoms with E-state index in [0.29, 0.717) is 45.9 Å². The molecule has 0 saturated heterocycles. The number of aryl methyl sites for hydroxylation is 8. The number of para-hydroxylation sites is 4. The van der Waals surface area contributed by atoms with E-state index in [-0.39, 0.29) is 0 Å². The fourth-order valence-electron chi connectivity index (χ4n) is 16.1. The molecule has 608 valence electrons. The Kier molecular flexibility index (Phi) is 25.0. The van der Waals surface area contributed by atoms with Crippen LogP contribution >= 0.6 is 0 Å². The second-order valence-corrected chi connectivity index (χ2v) is 31.4. The first kappa shape index (κ1) is 82.9. The average molecular weight is 1670 g/mol.